The Morgan fingerprint density at radius 3 is 2.70 bits per heavy atom. The van der Waals surface area contributed by atoms with Gasteiger partial charge in [-0.1, -0.05) is 43.5 Å². The maximum absolute atomic E-state index is 12.2. The van der Waals surface area contributed by atoms with E-state index in [1.54, 1.807) is 29.4 Å². The summed E-state index contributed by atoms with van der Waals surface area (Å²) >= 11 is 6.28. The Kier molecular flexibility index (Phi) is 6.62. The number of rotatable bonds is 8. The van der Waals surface area contributed by atoms with E-state index >= 15 is 0 Å². The molecule has 1 aromatic carbocycles. The van der Waals surface area contributed by atoms with Gasteiger partial charge in [-0.25, -0.2) is 17.8 Å². The first-order chi connectivity index (χ1) is 14.2. The van der Waals surface area contributed by atoms with E-state index in [9.17, 15) is 13.2 Å². The highest BCUT2D eigenvalue weighted by Gasteiger charge is 2.19. The summed E-state index contributed by atoms with van der Waals surface area (Å²) in [6.45, 7) is 3.79. The molecule has 3 rings (SSSR count). The number of amides is 1. The number of halogens is 1. The molecule has 0 saturated heterocycles. The molecule has 0 unspecified atom stereocenters. The number of hydrogen-bond donors (Lipinski definition) is 1. The molecule has 3 aromatic rings. The highest BCUT2D eigenvalue weighted by atomic mass is 35.5. The summed E-state index contributed by atoms with van der Waals surface area (Å²) in [6, 6.07) is 7.52. The van der Waals surface area contributed by atoms with Gasteiger partial charge in [-0.3, -0.25) is 9.48 Å². The number of aromatic nitrogens is 4. The summed E-state index contributed by atoms with van der Waals surface area (Å²) in [7, 11) is -1.89. The molecule has 0 aliphatic rings. The van der Waals surface area contributed by atoms with Crippen molar-refractivity contribution >= 4 is 44.5 Å². The lowest BCUT2D eigenvalue weighted by molar-refractivity contribution is -0.114. The SMILES string of the molecule is CCCCCS(=O)(=O)NC(=O)/C=C/c1c(C)nn(C)c1-n1nc(Cl)c2ccccc21. The maximum atomic E-state index is 12.2. The molecule has 0 aliphatic heterocycles. The zero-order valence-electron chi connectivity index (χ0n) is 17.1. The smallest absolute Gasteiger partial charge is 0.257 e. The van der Waals surface area contributed by atoms with E-state index in [0.29, 0.717) is 28.6 Å². The van der Waals surface area contributed by atoms with E-state index < -0.39 is 15.9 Å². The van der Waals surface area contributed by atoms with Gasteiger partial charge < -0.3 is 0 Å². The third-order valence-corrected chi connectivity index (χ3v) is 6.27. The third kappa shape index (κ3) is 4.73. The Morgan fingerprint density at radius 1 is 1.23 bits per heavy atom. The standard InChI is InChI=1S/C20H24ClN5O3S/c1-4-5-8-13-30(28,29)24-18(27)12-11-15-14(2)22-25(3)20(15)26-17-10-7-6-9-16(17)19(21)23-26/h6-7,9-12H,4-5,8,13H2,1-3H3,(H,24,27)/b12-11+. The molecule has 8 nitrogen and oxygen atoms in total. The van der Waals surface area contributed by atoms with Gasteiger partial charge in [0.15, 0.2) is 11.0 Å². The van der Waals surface area contributed by atoms with Crippen molar-refractivity contribution in [1.29, 1.82) is 0 Å². The molecule has 10 heteroatoms. The number of nitrogens with one attached hydrogen (secondary N) is 1. The molecule has 0 spiro atoms. The van der Waals surface area contributed by atoms with Gasteiger partial charge in [0.25, 0.3) is 5.91 Å². The molecule has 0 bridgehead atoms. The summed E-state index contributed by atoms with van der Waals surface area (Å²) in [5, 5.41) is 9.98. The first-order valence-corrected chi connectivity index (χ1v) is 11.7. The Morgan fingerprint density at radius 2 is 1.97 bits per heavy atom. The largest absolute Gasteiger partial charge is 0.269 e. The second-order valence-electron chi connectivity index (χ2n) is 6.99. The van der Waals surface area contributed by atoms with Crippen LogP contribution in [0.15, 0.2) is 30.3 Å². The monoisotopic (exact) mass is 449 g/mol. The minimum Gasteiger partial charge on any atom is -0.269 e. The predicted molar refractivity (Wildman–Crippen MR) is 118 cm³/mol. The van der Waals surface area contributed by atoms with E-state index in [1.807, 2.05) is 31.2 Å². The topological polar surface area (TPSA) is 98.9 Å². The van der Waals surface area contributed by atoms with Crippen molar-refractivity contribution in [2.24, 2.45) is 7.05 Å². The molecule has 1 N–H and O–H groups in total. The number of aryl methyl sites for hydroxylation is 2. The van der Waals surface area contributed by atoms with Crippen molar-refractivity contribution in [2.75, 3.05) is 5.75 Å². The van der Waals surface area contributed by atoms with Crippen molar-refractivity contribution in [3.8, 4) is 5.82 Å². The summed E-state index contributed by atoms with van der Waals surface area (Å²) < 4.78 is 29.4. The van der Waals surface area contributed by atoms with Crippen LogP contribution >= 0.6 is 11.6 Å². The summed E-state index contributed by atoms with van der Waals surface area (Å²) in [4.78, 5) is 12.2. The van der Waals surface area contributed by atoms with Crippen LogP contribution in [-0.4, -0.2) is 39.6 Å². The van der Waals surface area contributed by atoms with Gasteiger partial charge >= 0.3 is 0 Å². The fraction of sp³-hybridized carbons (Fsp3) is 0.350. The first kappa shape index (κ1) is 22.0. The summed E-state index contributed by atoms with van der Waals surface area (Å²) in [5.74, 6) is -0.162. The van der Waals surface area contributed by atoms with E-state index in [0.717, 1.165) is 23.7 Å². The van der Waals surface area contributed by atoms with Gasteiger partial charge in [-0.15, -0.1) is 0 Å². The molecule has 0 radical (unpaired) electrons. The second-order valence-corrected chi connectivity index (χ2v) is 9.19. The summed E-state index contributed by atoms with van der Waals surface area (Å²) in [6.07, 6.45) is 4.95. The van der Waals surface area contributed by atoms with Crippen molar-refractivity contribution in [2.45, 2.75) is 33.1 Å². The maximum Gasteiger partial charge on any atom is 0.257 e. The second kappa shape index (κ2) is 9.01. The van der Waals surface area contributed by atoms with Crippen LogP contribution in [0.25, 0.3) is 22.8 Å². The summed E-state index contributed by atoms with van der Waals surface area (Å²) in [5.41, 5.74) is 2.10. The minimum atomic E-state index is -3.66. The molecule has 0 aliphatic carbocycles. The van der Waals surface area contributed by atoms with Gasteiger partial charge in [-0.05, 0) is 31.6 Å². The fourth-order valence-corrected chi connectivity index (χ4v) is 4.53. The molecule has 0 fully saturated rings. The van der Waals surface area contributed by atoms with Gasteiger partial charge in [0.05, 0.1) is 17.0 Å². The fourth-order valence-electron chi connectivity index (χ4n) is 3.24. The van der Waals surface area contributed by atoms with E-state index in [4.69, 9.17) is 11.6 Å². The van der Waals surface area contributed by atoms with Crippen LogP contribution in [0.2, 0.25) is 5.15 Å². The van der Waals surface area contributed by atoms with Crippen LogP contribution in [0, 0.1) is 6.92 Å². The van der Waals surface area contributed by atoms with Crippen LogP contribution in [0.1, 0.15) is 37.4 Å². The number of sulfonamides is 1. The lowest BCUT2D eigenvalue weighted by Gasteiger charge is -2.06. The highest BCUT2D eigenvalue weighted by Crippen LogP contribution is 2.28. The average Bonchev–Trinajstić information content (AvgIpc) is 3.15. The molecule has 2 heterocycles. The van der Waals surface area contributed by atoms with Crippen LogP contribution in [-0.2, 0) is 21.9 Å². The minimum absolute atomic E-state index is 0.0740. The quantitative estimate of drug-likeness (QED) is 0.420. The predicted octanol–water partition coefficient (Wildman–Crippen LogP) is 3.37. The van der Waals surface area contributed by atoms with Crippen LogP contribution < -0.4 is 4.72 Å². The molecule has 160 valence electrons. The van der Waals surface area contributed by atoms with Gasteiger partial charge in [0.2, 0.25) is 10.0 Å². The molecule has 0 atom stereocenters. The zero-order valence-corrected chi connectivity index (χ0v) is 18.7. The number of carbonyl (C=O) groups is 1. The zero-order chi connectivity index (χ0) is 21.9. The molecule has 1 amide bonds. The van der Waals surface area contributed by atoms with Crippen LogP contribution in [0.4, 0.5) is 0 Å². The number of benzene rings is 1. The normalized spacial score (nSPS) is 12.1. The number of fused-ring (bicyclic) bond motifs is 1. The molecular weight excluding hydrogens is 426 g/mol. The van der Waals surface area contributed by atoms with Crippen molar-refractivity contribution < 1.29 is 13.2 Å². The van der Waals surface area contributed by atoms with Crippen LogP contribution in [0.5, 0.6) is 0 Å². The number of unbranched alkanes of at least 4 members (excludes halogenated alkanes) is 2. The third-order valence-electron chi connectivity index (χ3n) is 4.65. The van der Waals surface area contributed by atoms with Crippen molar-refractivity contribution in [3.05, 3.63) is 46.8 Å². The number of nitrogens with zero attached hydrogens (tertiary/aromatic N) is 4. The molecule has 2 aromatic heterocycles. The van der Waals surface area contributed by atoms with E-state index in [1.165, 1.54) is 6.08 Å². The molecular formula is C20H24ClN5O3S. The average molecular weight is 450 g/mol. The van der Waals surface area contributed by atoms with Gasteiger partial charge in [0, 0.05) is 24.1 Å². The lowest BCUT2D eigenvalue weighted by atomic mass is 10.2. The van der Waals surface area contributed by atoms with E-state index in [-0.39, 0.29) is 5.75 Å². The highest BCUT2D eigenvalue weighted by molar-refractivity contribution is 7.90. The Bertz CT molecular complexity index is 1210. The van der Waals surface area contributed by atoms with Crippen molar-refractivity contribution in [3.63, 3.8) is 0 Å². The Labute approximate surface area is 180 Å². The van der Waals surface area contributed by atoms with Crippen LogP contribution in [0.3, 0.4) is 0 Å². The van der Waals surface area contributed by atoms with Crippen molar-refractivity contribution in [1.82, 2.24) is 24.3 Å². The first-order valence-electron chi connectivity index (χ1n) is 9.63. The van der Waals surface area contributed by atoms with E-state index in [2.05, 4.69) is 14.9 Å². The number of para-hydroxylation sites is 1. The van der Waals surface area contributed by atoms with Gasteiger partial charge in [0.1, 0.15) is 0 Å². The lowest BCUT2D eigenvalue weighted by Crippen LogP contribution is -2.31. The van der Waals surface area contributed by atoms with Gasteiger partial charge in [-0.2, -0.15) is 10.2 Å². The Balaban J connectivity index is 1.90. The molecule has 30 heavy (non-hydrogen) atoms. The number of hydrogen-bond acceptors (Lipinski definition) is 5. The molecule has 0 saturated carbocycles. The Hall–Kier alpha value is -2.65. The number of carbonyl (C=O) groups excluding carboxylic acids is 1.